The maximum absolute atomic E-state index is 12.2. The minimum Gasteiger partial charge on any atom is -0.379 e. The molecule has 1 fully saturated rings. The van der Waals surface area contributed by atoms with Gasteiger partial charge < -0.3 is 9.72 Å². The Morgan fingerprint density at radius 2 is 2.39 bits per heavy atom. The van der Waals surface area contributed by atoms with Crippen molar-refractivity contribution in [3.8, 4) is 0 Å². The Bertz CT molecular complexity index is 667. The third-order valence-corrected chi connectivity index (χ3v) is 4.27. The van der Waals surface area contributed by atoms with E-state index in [9.17, 15) is 4.79 Å². The fourth-order valence-corrected chi connectivity index (χ4v) is 2.99. The average Bonchev–Trinajstić information content (AvgIpc) is 3.05. The van der Waals surface area contributed by atoms with Crippen molar-refractivity contribution in [2.75, 3.05) is 13.2 Å². The van der Waals surface area contributed by atoms with E-state index in [1.807, 2.05) is 11.4 Å². The summed E-state index contributed by atoms with van der Waals surface area (Å²) in [5.74, 6) is 0.746. The molecule has 6 heteroatoms. The molecule has 2 aromatic rings. The number of aromatic amines is 1. The number of rotatable bonds is 5. The van der Waals surface area contributed by atoms with Crippen molar-refractivity contribution >= 4 is 33.8 Å². The van der Waals surface area contributed by atoms with Crippen LogP contribution in [0.15, 0.2) is 16.2 Å². The first kappa shape index (κ1) is 12.1. The van der Waals surface area contributed by atoms with Crippen LogP contribution in [-0.2, 0) is 11.3 Å². The largest absolute Gasteiger partial charge is 0.379 e. The molecule has 1 aliphatic carbocycles. The fourth-order valence-electron chi connectivity index (χ4n) is 1.87. The zero-order valence-electron chi connectivity index (χ0n) is 9.85. The molecule has 0 aromatic carbocycles. The highest BCUT2D eigenvalue weighted by Gasteiger charge is 2.20. The van der Waals surface area contributed by atoms with E-state index in [1.54, 1.807) is 4.57 Å². The number of thiophene rings is 1. The van der Waals surface area contributed by atoms with Gasteiger partial charge in [-0.1, -0.05) is 0 Å². The average molecular weight is 282 g/mol. The van der Waals surface area contributed by atoms with E-state index >= 15 is 0 Å². The molecule has 1 saturated carbocycles. The van der Waals surface area contributed by atoms with E-state index in [2.05, 4.69) is 4.98 Å². The van der Waals surface area contributed by atoms with E-state index in [-0.39, 0.29) is 5.56 Å². The summed E-state index contributed by atoms with van der Waals surface area (Å²) in [7, 11) is 0. The van der Waals surface area contributed by atoms with Gasteiger partial charge in [0, 0.05) is 6.61 Å². The maximum atomic E-state index is 12.2. The highest BCUT2D eigenvalue weighted by Crippen LogP contribution is 2.28. The van der Waals surface area contributed by atoms with Crippen molar-refractivity contribution in [2.24, 2.45) is 5.92 Å². The van der Waals surface area contributed by atoms with Crippen LogP contribution in [0.2, 0.25) is 0 Å². The molecular formula is C12H14N2O2S2. The molecule has 3 rings (SSSR count). The minimum atomic E-state index is -0.0231. The van der Waals surface area contributed by atoms with Gasteiger partial charge in [0.2, 0.25) is 0 Å². The van der Waals surface area contributed by atoms with Gasteiger partial charge in [-0.05, 0) is 42.4 Å². The Morgan fingerprint density at radius 1 is 1.56 bits per heavy atom. The Kier molecular flexibility index (Phi) is 3.32. The Labute approximate surface area is 113 Å². The lowest BCUT2D eigenvalue weighted by molar-refractivity contribution is 0.116. The summed E-state index contributed by atoms with van der Waals surface area (Å²) < 4.78 is 7.61. The zero-order chi connectivity index (χ0) is 12.5. The predicted molar refractivity (Wildman–Crippen MR) is 74.8 cm³/mol. The van der Waals surface area contributed by atoms with Crippen molar-refractivity contribution in [1.82, 2.24) is 9.55 Å². The minimum absolute atomic E-state index is 0.0231. The lowest BCUT2D eigenvalue weighted by Crippen LogP contribution is -2.24. The summed E-state index contributed by atoms with van der Waals surface area (Å²) in [5, 5.41) is 2.60. The van der Waals surface area contributed by atoms with Gasteiger partial charge in [0.05, 0.1) is 18.5 Å². The SMILES string of the molecule is O=c1c2ccsc2[nH]c(=S)n1CCOCC1CC1. The van der Waals surface area contributed by atoms with Gasteiger partial charge in [-0.2, -0.15) is 0 Å². The maximum Gasteiger partial charge on any atom is 0.263 e. The topological polar surface area (TPSA) is 47.0 Å². The second-order valence-electron chi connectivity index (χ2n) is 4.57. The van der Waals surface area contributed by atoms with Crippen LogP contribution in [0.4, 0.5) is 0 Å². The van der Waals surface area contributed by atoms with E-state index in [1.165, 1.54) is 24.2 Å². The molecule has 96 valence electrons. The molecule has 0 amide bonds. The van der Waals surface area contributed by atoms with Crippen LogP contribution in [0.25, 0.3) is 10.2 Å². The molecule has 0 unspecified atom stereocenters. The molecule has 0 aliphatic heterocycles. The lowest BCUT2D eigenvalue weighted by Gasteiger charge is -2.07. The van der Waals surface area contributed by atoms with E-state index in [0.29, 0.717) is 23.3 Å². The molecule has 0 saturated heterocycles. The molecule has 0 radical (unpaired) electrons. The molecule has 1 aliphatic rings. The highest BCUT2D eigenvalue weighted by atomic mass is 32.1. The molecule has 0 bridgehead atoms. The van der Waals surface area contributed by atoms with Crippen molar-refractivity contribution in [2.45, 2.75) is 19.4 Å². The molecular weight excluding hydrogens is 268 g/mol. The van der Waals surface area contributed by atoms with Crippen LogP contribution in [0.3, 0.4) is 0 Å². The standard InChI is InChI=1S/C12H14N2O2S2/c15-11-9-3-6-18-10(9)13-12(17)14(11)4-5-16-7-8-1-2-8/h3,6,8H,1-2,4-5,7H2,(H,13,17). The van der Waals surface area contributed by atoms with Crippen LogP contribution >= 0.6 is 23.6 Å². The van der Waals surface area contributed by atoms with E-state index in [0.717, 1.165) is 17.4 Å². The second-order valence-corrected chi connectivity index (χ2v) is 5.87. The molecule has 0 spiro atoms. The summed E-state index contributed by atoms with van der Waals surface area (Å²) in [5.41, 5.74) is -0.0231. The number of fused-ring (bicyclic) bond motifs is 1. The highest BCUT2D eigenvalue weighted by molar-refractivity contribution is 7.71. The molecule has 18 heavy (non-hydrogen) atoms. The van der Waals surface area contributed by atoms with Crippen LogP contribution in [-0.4, -0.2) is 22.8 Å². The quantitative estimate of drug-likeness (QED) is 0.677. The summed E-state index contributed by atoms with van der Waals surface area (Å²) in [6.07, 6.45) is 2.56. The van der Waals surface area contributed by atoms with Gasteiger partial charge in [-0.3, -0.25) is 9.36 Å². The van der Waals surface area contributed by atoms with Gasteiger partial charge >= 0.3 is 0 Å². The Balaban J connectivity index is 1.77. The summed E-state index contributed by atoms with van der Waals surface area (Å²) in [4.78, 5) is 16.1. The third-order valence-electron chi connectivity index (χ3n) is 3.12. The normalized spacial score (nSPS) is 15.3. The number of nitrogens with one attached hydrogen (secondary N) is 1. The second kappa shape index (κ2) is 4.95. The van der Waals surface area contributed by atoms with Crippen LogP contribution in [0.1, 0.15) is 12.8 Å². The van der Waals surface area contributed by atoms with Gasteiger partial charge in [-0.25, -0.2) is 0 Å². The van der Waals surface area contributed by atoms with E-state index in [4.69, 9.17) is 17.0 Å². The predicted octanol–water partition coefficient (Wildman–Crippen LogP) is 2.55. The molecule has 1 N–H and O–H groups in total. The number of nitrogens with zero attached hydrogens (tertiary/aromatic N) is 1. The molecule has 2 heterocycles. The van der Waals surface area contributed by atoms with Crippen molar-refractivity contribution in [1.29, 1.82) is 0 Å². The van der Waals surface area contributed by atoms with Crippen LogP contribution in [0, 0.1) is 10.7 Å². The first-order valence-electron chi connectivity index (χ1n) is 6.04. The van der Waals surface area contributed by atoms with Gasteiger partial charge in [0.25, 0.3) is 5.56 Å². The Morgan fingerprint density at radius 3 is 3.17 bits per heavy atom. The number of H-pyrrole nitrogens is 1. The zero-order valence-corrected chi connectivity index (χ0v) is 11.5. The third kappa shape index (κ3) is 2.41. The van der Waals surface area contributed by atoms with Gasteiger partial charge in [0.1, 0.15) is 4.83 Å². The summed E-state index contributed by atoms with van der Waals surface area (Å²) in [6, 6.07) is 1.83. The summed E-state index contributed by atoms with van der Waals surface area (Å²) in [6.45, 7) is 1.88. The number of hydrogen-bond donors (Lipinski definition) is 1. The van der Waals surface area contributed by atoms with Gasteiger partial charge in [0.15, 0.2) is 4.77 Å². The van der Waals surface area contributed by atoms with Gasteiger partial charge in [-0.15, -0.1) is 11.3 Å². The summed E-state index contributed by atoms with van der Waals surface area (Å²) >= 11 is 6.70. The van der Waals surface area contributed by atoms with E-state index < -0.39 is 0 Å². The molecule has 4 nitrogen and oxygen atoms in total. The monoisotopic (exact) mass is 282 g/mol. The van der Waals surface area contributed by atoms with Crippen LogP contribution < -0.4 is 5.56 Å². The van der Waals surface area contributed by atoms with Crippen molar-refractivity contribution in [3.05, 3.63) is 26.6 Å². The smallest absolute Gasteiger partial charge is 0.263 e. The lowest BCUT2D eigenvalue weighted by atomic mass is 10.4. The fraction of sp³-hybridized carbons (Fsp3) is 0.500. The molecule has 0 atom stereocenters. The van der Waals surface area contributed by atoms with Crippen LogP contribution in [0.5, 0.6) is 0 Å². The van der Waals surface area contributed by atoms with Crippen molar-refractivity contribution < 1.29 is 4.74 Å². The Hall–Kier alpha value is -0.980. The van der Waals surface area contributed by atoms with Crippen molar-refractivity contribution in [3.63, 3.8) is 0 Å². The number of hydrogen-bond acceptors (Lipinski definition) is 4. The first-order valence-corrected chi connectivity index (χ1v) is 7.32. The molecule has 2 aromatic heterocycles. The first-order chi connectivity index (χ1) is 8.75. The number of aromatic nitrogens is 2. The number of ether oxygens (including phenoxy) is 1.